The summed E-state index contributed by atoms with van der Waals surface area (Å²) in [5.41, 5.74) is 1.76. The highest BCUT2D eigenvalue weighted by molar-refractivity contribution is 6.08. The molecule has 0 N–H and O–H groups in total. The van der Waals surface area contributed by atoms with Gasteiger partial charge < -0.3 is 9.15 Å². The number of hydrogen-bond donors (Lipinski definition) is 0. The summed E-state index contributed by atoms with van der Waals surface area (Å²) in [4.78, 5) is 23.5. The minimum Gasteiger partial charge on any atom is -0.471 e. The molecule has 0 aliphatic carbocycles. The molecule has 3 heterocycles. The quantitative estimate of drug-likeness (QED) is 0.717. The maximum atomic E-state index is 13.2. The topological polar surface area (TPSA) is 68.5 Å². The Balaban J connectivity index is 1.78. The van der Waals surface area contributed by atoms with E-state index in [1.165, 1.54) is 0 Å². The number of fused-ring (bicyclic) bond motifs is 1. The Kier molecular flexibility index (Phi) is 3.72. The molecule has 3 aromatic rings. The minimum absolute atomic E-state index is 0.153. The van der Waals surface area contributed by atoms with Crippen molar-refractivity contribution in [3.05, 3.63) is 60.2 Å². The van der Waals surface area contributed by atoms with Crippen LogP contribution in [-0.2, 0) is 0 Å². The van der Waals surface area contributed by atoms with Gasteiger partial charge in [-0.1, -0.05) is 30.3 Å². The smallest absolute Gasteiger partial charge is 0.281 e. The van der Waals surface area contributed by atoms with Gasteiger partial charge in [0, 0.05) is 18.7 Å². The van der Waals surface area contributed by atoms with Gasteiger partial charge in [-0.15, -0.1) is 0 Å². The Labute approximate surface area is 145 Å². The molecule has 0 saturated heterocycles. The van der Waals surface area contributed by atoms with Gasteiger partial charge in [0.2, 0.25) is 5.88 Å². The third-order valence-corrected chi connectivity index (χ3v) is 4.01. The molecule has 6 nitrogen and oxygen atoms in total. The second kappa shape index (κ2) is 6.05. The van der Waals surface area contributed by atoms with E-state index in [4.69, 9.17) is 9.15 Å². The lowest BCUT2D eigenvalue weighted by atomic mass is 10.1. The number of aromatic nitrogens is 2. The Morgan fingerprint density at radius 1 is 1.20 bits per heavy atom. The summed E-state index contributed by atoms with van der Waals surface area (Å²) in [5.74, 6) is 1.17. The van der Waals surface area contributed by atoms with Gasteiger partial charge >= 0.3 is 0 Å². The molecule has 4 rings (SSSR count). The lowest BCUT2D eigenvalue weighted by Gasteiger charge is -2.32. The second-order valence-electron chi connectivity index (χ2n) is 5.95. The Bertz CT molecular complexity index is 921. The van der Waals surface area contributed by atoms with E-state index in [2.05, 4.69) is 9.97 Å². The zero-order valence-corrected chi connectivity index (χ0v) is 14.0. The van der Waals surface area contributed by atoms with Gasteiger partial charge in [-0.25, -0.2) is 9.97 Å². The van der Waals surface area contributed by atoms with Gasteiger partial charge in [-0.05, 0) is 19.1 Å². The van der Waals surface area contributed by atoms with Crippen LogP contribution in [0.2, 0.25) is 0 Å². The van der Waals surface area contributed by atoms with Gasteiger partial charge in [-0.2, -0.15) is 0 Å². The largest absolute Gasteiger partial charge is 0.471 e. The van der Waals surface area contributed by atoms with Crippen LogP contribution in [0.4, 0.5) is 5.69 Å². The molecule has 1 aliphatic heterocycles. The predicted molar refractivity (Wildman–Crippen MR) is 92.7 cm³/mol. The number of anilines is 1. The van der Waals surface area contributed by atoms with Gasteiger partial charge in [0.25, 0.3) is 5.91 Å². The van der Waals surface area contributed by atoms with Crippen LogP contribution < -0.4 is 9.64 Å². The number of hydrogen-bond acceptors (Lipinski definition) is 5. The number of nitrogens with zero attached hydrogens (tertiary/aromatic N) is 3. The normalized spacial score (nSPS) is 16.2. The Morgan fingerprint density at radius 3 is 2.80 bits per heavy atom. The lowest BCUT2D eigenvalue weighted by molar-refractivity contribution is 0.0954. The summed E-state index contributed by atoms with van der Waals surface area (Å²) < 4.78 is 11.4. The molecule has 1 aromatic carbocycles. The first-order chi connectivity index (χ1) is 12.1. The molecule has 1 atom stereocenters. The van der Waals surface area contributed by atoms with Crippen LogP contribution >= 0.6 is 0 Å². The molecule has 1 aliphatic rings. The van der Waals surface area contributed by atoms with Crippen LogP contribution in [0.3, 0.4) is 0 Å². The summed E-state index contributed by atoms with van der Waals surface area (Å²) >= 11 is 0. The Morgan fingerprint density at radius 2 is 2.00 bits per heavy atom. The number of carbonyl (C=O) groups is 1. The molecule has 0 saturated carbocycles. The number of benzene rings is 1. The van der Waals surface area contributed by atoms with Crippen LogP contribution in [0.15, 0.2) is 53.1 Å². The molecular weight excluding hydrogens is 318 g/mol. The fourth-order valence-corrected chi connectivity index (χ4v) is 2.94. The number of amides is 1. The van der Waals surface area contributed by atoms with E-state index >= 15 is 0 Å². The molecule has 0 radical (unpaired) electrons. The van der Waals surface area contributed by atoms with Crippen molar-refractivity contribution in [1.82, 2.24) is 9.97 Å². The average molecular weight is 335 g/mol. The van der Waals surface area contributed by atoms with Crippen molar-refractivity contribution in [3.8, 4) is 17.2 Å². The molecular formula is C19H17N3O3. The summed E-state index contributed by atoms with van der Waals surface area (Å²) in [6.07, 6.45) is 1.49. The number of ether oxygens (including phenoxy) is 1. The van der Waals surface area contributed by atoms with Crippen LogP contribution in [0.1, 0.15) is 23.3 Å². The SMILES string of the molecule is Cc1nc(C(=O)N2C[C@H](C)Oc3ncccc32)c(-c2ccccc2)o1. The van der Waals surface area contributed by atoms with Gasteiger partial charge in [0.1, 0.15) is 11.8 Å². The summed E-state index contributed by atoms with van der Waals surface area (Å²) in [6.45, 7) is 4.07. The van der Waals surface area contributed by atoms with Crippen molar-refractivity contribution in [2.45, 2.75) is 20.0 Å². The zero-order chi connectivity index (χ0) is 17.4. The molecule has 0 bridgehead atoms. The van der Waals surface area contributed by atoms with Crippen molar-refractivity contribution < 1.29 is 13.9 Å². The molecule has 1 amide bonds. The van der Waals surface area contributed by atoms with E-state index in [1.807, 2.05) is 43.3 Å². The van der Waals surface area contributed by atoms with Crippen LogP contribution in [0.25, 0.3) is 11.3 Å². The number of pyridine rings is 1. The first kappa shape index (κ1) is 15.4. The van der Waals surface area contributed by atoms with Crippen molar-refractivity contribution in [2.24, 2.45) is 0 Å². The monoisotopic (exact) mass is 335 g/mol. The predicted octanol–water partition coefficient (Wildman–Crippen LogP) is 3.47. The minimum atomic E-state index is -0.222. The number of carbonyl (C=O) groups excluding carboxylic acids is 1. The van der Waals surface area contributed by atoms with Gasteiger partial charge in [-0.3, -0.25) is 9.69 Å². The number of aryl methyl sites for hydroxylation is 1. The maximum Gasteiger partial charge on any atom is 0.281 e. The van der Waals surface area contributed by atoms with E-state index in [0.29, 0.717) is 35.5 Å². The van der Waals surface area contributed by atoms with E-state index in [-0.39, 0.29) is 12.0 Å². The molecule has 126 valence electrons. The van der Waals surface area contributed by atoms with Crippen molar-refractivity contribution in [1.29, 1.82) is 0 Å². The van der Waals surface area contributed by atoms with Crippen molar-refractivity contribution in [3.63, 3.8) is 0 Å². The van der Waals surface area contributed by atoms with Gasteiger partial charge in [0.15, 0.2) is 17.3 Å². The molecule has 6 heteroatoms. The lowest BCUT2D eigenvalue weighted by Crippen LogP contribution is -2.42. The fourth-order valence-electron chi connectivity index (χ4n) is 2.94. The second-order valence-corrected chi connectivity index (χ2v) is 5.95. The maximum absolute atomic E-state index is 13.2. The first-order valence-corrected chi connectivity index (χ1v) is 8.10. The van der Waals surface area contributed by atoms with E-state index < -0.39 is 0 Å². The van der Waals surface area contributed by atoms with Crippen LogP contribution in [-0.4, -0.2) is 28.5 Å². The molecule has 0 unspecified atom stereocenters. The summed E-state index contributed by atoms with van der Waals surface area (Å²) in [7, 11) is 0. The summed E-state index contributed by atoms with van der Waals surface area (Å²) in [5, 5.41) is 0. The van der Waals surface area contributed by atoms with E-state index in [0.717, 1.165) is 5.56 Å². The highest BCUT2D eigenvalue weighted by Gasteiger charge is 2.32. The Hall–Kier alpha value is -3.15. The third-order valence-electron chi connectivity index (χ3n) is 4.01. The van der Waals surface area contributed by atoms with Crippen molar-refractivity contribution >= 4 is 11.6 Å². The number of oxazole rings is 1. The van der Waals surface area contributed by atoms with Crippen LogP contribution in [0, 0.1) is 6.92 Å². The van der Waals surface area contributed by atoms with Crippen LogP contribution in [0.5, 0.6) is 5.88 Å². The van der Waals surface area contributed by atoms with E-state index in [9.17, 15) is 4.79 Å². The fraction of sp³-hybridized carbons (Fsp3) is 0.211. The van der Waals surface area contributed by atoms with E-state index in [1.54, 1.807) is 24.1 Å². The zero-order valence-electron chi connectivity index (χ0n) is 14.0. The summed E-state index contributed by atoms with van der Waals surface area (Å²) in [6, 6.07) is 13.1. The first-order valence-electron chi connectivity index (χ1n) is 8.10. The highest BCUT2D eigenvalue weighted by Crippen LogP contribution is 2.33. The molecule has 2 aromatic heterocycles. The number of rotatable bonds is 2. The average Bonchev–Trinajstić information content (AvgIpc) is 3.03. The van der Waals surface area contributed by atoms with Crippen molar-refractivity contribution in [2.75, 3.05) is 11.4 Å². The van der Waals surface area contributed by atoms with Gasteiger partial charge in [0.05, 0.1) is 6.54 Å². The third kappa shape index (κ3) is 2.76. The highest BCUT2D eigenvalue weighted by atomic mass is 16.5. The standard InChI is InChI=1S/C19H17N3O3/c1-12-11-22(15-9-6-10-20-18(15)24-12)19(23)16-17(25-13(2)21-16)14-7-4-3-5-8-14/h3-10,12H,11H2,1-2H3/t12-/m0/s1. The molecule has 0 fully saturated rings. The molecule has 0 spiro atoms. The molecule has 25 heavy (non-hydrogen) atoms.